The van der Waals surface area contributed by atoms with Gasteiger partial charge in [-0.3, -0.25) is 0 Å². The van der Waals surface area contributed by atoms with Gasteiger partial charge in [0.25, 0.3) is 0 Å². The van der Waals surface area contributed by atoms with E-state index in [4.69, 9.17) is 0 Å². The fourth-order valence-electron chi connectivity index (χ4n) is 2.75. The predicted molar refractivity (Wildman–Crippen MR) is 74.6 cm³/mol. The van der Waals surface area contributed by atoms with Gasteiger partial charge in [0.2, 0.25) is 0 Å². The van der Waals surface area contributed by atoms with Crippen LogP contribution >= 0.6 is 0 Å². The third kappa shape index (κ3) is 1.32. The van der Waals surface area contributed by atoms with Gasteiger partial charge in [-0.1, -0.05) is 30.3 Å². The molecule has 0 saturated carbocycles. The van der Waals surface area contributed by atoms with Gasteiger partial charge in [0.1, 0.15) is 0 Å². The van der Waals surface area contributed by atoms with E-state index >= 15 is 0 Å². The SMILES string of the molecule is CCn1c2ccccc2c2ccc(C)c(C)c21. The van der Waals surface area contributed by atoms with Crippen molar-refractivity contribution in [2.24, 2.45) is 0 Å². The van der Waals surface area contributed by atoms with Crippen LogP contribution in [0.3, 0.4) is 0 Å². The van der Waals surface area contributed by atoms with Gasteiger partial charge in [0.15, 0.2) is 0 Å². The van der Waals surface area contributed by atoms with Crippen LogP contribution in [0.2, 0.25) is 0 Å². The van der Waals surface area contributed by atoms with Gasteiger partial charge < -0.3 is 4.57 Å². The maximum absolute atomic E-state index is 2.42. The number of rotatable bonds is 1. The number of hydrogen-bond donors (Lipinski definition) is 0. The summed E-state index contributed by atoms with van der Waals surface area (Å²) in [6.45, 7) is 7.65. The highest BCUT2D eigenvalue weighted by Crippen LogP contribution is 2.32. The molecule has 2 aromatic carbocycles. The summed E-state index contributed by atoms with van der Waals surface area (Å²) in [5, 5.41) is 2.75. The molecule has 17 heavy (non-hydrogen) atoms. The van der Waals surface area contributed by atoms with Crippen molar-refractivity contribution in [2.45, 2.75) is 27.3 Å². The summed E-state index contributed by atoms with van der Waals surface area (Å²) in [5.74, 6) is 0. The molecule has 0 aliphatic carbocycles. The first-order chi connectivity index (χ1) is 8.24. The number of aryl methyl sites for hydroxylation is 3. The van der Waals surface area contributed by atoms with Gasteiger partial charge in [-0.15, -0.1) is 0 Å². The van der Waals surface area contributed by atoms with Crippen molar-refractivity contribution in [3.63, 3.8) is 0 Å². The molecule has 0 spiro atoms. The van der Waals surface area contributed by atoms with Crippen molar-refractivity contribution in [3.05, 3.63) is 47.5 Å². The lowest BCUT2D eigenvalue weighted by Crippen LogP contribution is -1.95. The first-order valence-corrected chi connectivity index (χ1v) is 6.21. The lowest BCUT2D eigenvalue weighted by molar-refractivity contribution is 0.824. The molecule has 0 aliphatic rings. The molecule has 86 valence electrons. The van der Waals surface area contributed by atoms with Gasteiger partial charge in [-0.2, -0.15) is 0 Å². The number of hydrogen-bond acceptors (Lipinski definition) is 0. The molecule has 0 atom stereocenters. The second-order valence-electron chi connectivity index (χ2n) is 4.67. The van der Waals surface area contributed by atoms with E-state index in [0.717, 1.165) is 6.54 Å². The molecule has 3 aromatic rings. The summed E-state index contributed by atoms with van der Waals surface area (Å²) < 4.78 is 2.42. The number of aromatic nitrogens is 1. The molecule has 1 heterocycles. The van der Waals surface area contributed by atoms with Crippen LogP contribution in [0.4, 0.5) is 0 Å². The molecule has 0 amide bonds. The summed E-state index contributed by atoms with van der Waals surface area (Å²) >= 11 is 0. The van der Waals surface area contributed by atoms with E-state index in [2.05, 4.69) is 61.7 Å². The molecular formula is C16H17N. The minimum Gasteiger partial charge on any atom is -0.341 e. The van der Waals surface area contributed by atoms with Crippen LogP contribution in [0.25, 0.3) is 21.8 Å². The number of fused-ring (bicyclic) bond motifs is 3. The molecule has 0 N–H and O–H groups in total. The second-order valence-corrected chi connectivity index (χ2v) is 4.67. The molecule has 3 rings (SSSR count). The Balaban J connectivity index is 2.63. The average molecular weight is 223 g/mol. The Bertz CT molecular complexity index is 704. The zero-order valence-electron chi connectivity index (χ0n) is 10.6. The lowest BCUT2D eigenvalue weighted by Gasteiger charge is -2.07. The lowest BCUT2D eigenvalue weighted by atomic mass is 10.1. The van der Waals surface area contributed by atoms with E-state index in [1.54, 1.807) is 0 Å². The Morgan fingerprint density at radius 1 is 0.941 bits per heavy atom. The molecule has 0 radical (unpaired) electrons. The Hall–Kier alpha value is -1.76. The van der Waals surface area contributed by atoms with E-state index in [0.29, 0.717) is 0 Å². The highest BCUT2D eigenvalue weighted by molar-refractivity contribution is 6.09. The van der Waals surface area contributed by atoms with Crippen molar-refractivity contribution < 1.29 is 0 Å². The second kappa shape index (κ2) is 3.63. The van der Waals surface area contributed by atoms with Crippen molar-refractivity contribution in [1.82, 2.24) is 4.57 Å². The monoisotopic (exact) mass is 223 g/mol. The number of para-hydroxylation sites is 1. The maximum atomic E-state index is 2.42. The topological polar surface area (TPSA) is 4.93 Å². The van der Waals surface area contributed by atoms with Gasteiger partial charge >= 0.3 is 0 Å². The molecular weight excluding hydrogens is 206 g/mol. The number of nitrogens with zero attached hydrogens (tertiary/aromatic N) is 1. The predicted octanol–water partition coefficient (Wildman–Crippen LogP) is 4.43. The minimum absolute atomic E-state index is 1.02. The molecule has 0 saturated heterocycles. The summed E-state index contributed by atoms with van der Waals surface area (Å²) in [7, 11) is 0. The molecule has 0 fully saturated rings. The van der Waals surface area contributed by atoms with E-state index < -0.39 is 0 Å². The molecule has 1 heteroatoms. The zero-order valence-corrected chi connectivity index (χ0v) is 10.6. The third-order valence-electron chi connectivity index (χ3n) is 3.77. The largest absolute Gasteiger partial charge is 0.341 e. The number of benzene rings is 2. The van der Waals surface area contributed by atoms with Gasteiger partial charge in [0.05, 0.1) is 5.52 Å². The maximum Gasteiger partial charge on any atom is 0.0523 e. The smallest absolute Gasteiger partial charge is 0.0523 e. The quantitative estimate of drug-likeness (QED) is 0.575. The Morgan fingerprint density at radius 3 is 2.47 bits per heavy atom. The Kier molecular flexibility index (Phi) is 2.22. The highest BCUT2D eigenvalue weighted by atomic mass is 15.0. The summed E-state index contributed by atoms with van der Waals surface area (Å²) in [5.41, 5.74) is 5.52. The van der Waals surface area contributed by atoms with Crippen LogP contribution in [0.5, 0.6) is 0 Å². The third-order valence-corrected chi connectivity index (χ3v) is 3.77. The Morgan fingerprint density at radius 2 is 1.71 bits per heavy atom. The molecule has 0 aliphatic heterocycles. The normalized spacial score (nSPS) is 11.5. The highest BCUT2D eigenvalue weighted by Gasteiger charge is 2.11. The fourth-order valence-corrected chi connectivity index (χ4v) is 2.75. The summed E-state index contributed by atoms with van der Waals surface area (Å²) in [6, 6.07) is 13.2. The summed E-state index contributed by atoms with van der Waals surface area (Å²) in [6.07, 6.45) is 0. The van der Waals surface area contributed by atoms with Crippen LogP contribution in [0.1, 0.15) is 18.1 Å². The molecule has 0 unspecified atom stereocenters. The average Bonchev–Trinajstić information content (AvgIpc) is 2.68. The molecule has 1 aromatic heterocycles. The van der Waals surface area contributed by atoms with E-state index in [-0.39, 0.29) is 0 Å². The van der Waals surface area contributed by atoms with Crippen molar-refractivity contribution >= 4 is 21.8 Å². The van der Waals surface area contributed by atoms with Crippen LogP contribution in [0, 0.1) is 13.8 Å². The Labute approximate surface area is 102 Å². The van der Waals surface area contributed by atoms with Crippen LogP contribution < -0.4 is 0 Å². The van der Waals surface area contributed by atoms with E-state index in [1.165, 1.54) is 32.9 Å². The fraction of sp³-hybridized carbons (Fsp3) is 0.250. The molecule has 1 nitrogen and oxygen atoms in total. The van der Waals surface area contributed by atoms with Gasteiger partial charge in [0, 0.05) is 22.8 Å². The van der Waals surface area contributed by atoms with Crippen LogP contribution in [-0.4, -0.2) is 4.57 Å². The first kappa shape index (κ1) is 10.4. The standard InChI is InChI=1S/C16H17N/c1-4-17-15-8-6-5-7-13(15)14-10-9-11(2)12(3)16(14)17/h5-10H,4H2,1-3H3. The van der Waals surface area contributed by atoms with Crippen molar-refractivity contribution in [1.29, 1.82) is 0 Å². The minimum atomic E-state index is 1.02. The van der Waals surface area contributed by atoms with Crippen LogP contribution in [0.15, 0.2) is 36.4 Å². The van der Waals surface area contributed by atoms with E-state index in [1.807, 2.05) is 0 Å². The van der Waals surface area contributed by atoms with Gasteiger partial charge in [-0.25, -0.2) is 0 Å². The zero-order chi connectivity index (χ0) is 12.0. The van der Waals surface area contributed by atoms with Crippen LogP contribution in [-0.2, 0) is 6.54 Å². The van der Waals surface area contributed by atoms with Crippen molar-refractivity contribution in [2.75, 3.05) is 0 Å². The van der Waals surface area contributed by atoms with Crippen molar-refractivity contribution in [3.8, 4) is 0 Å². The van der Waals surface area contributed by atoms with Gasteiger partial charge in [-0.05, 0) is 38.0 Å². The molecule has 0 bridgehead atoms. The summed E-state index contributed by atoms with van der Waals surface area (Å²) in [4.78, 5) is 0. The first-order valence-electron chi connectivity index (χ1n) is 6.21. The van der Waals surface area contributed by atoms with E-state index in [9.17, 15) is 0 Å².